The van der Waals surface area contributed by atoms with Gasteiger partial charge in [0, 0.05) is 13.1 Å². The van der Waals surface area contributed by atoms with Gasteiger partial charge in [-0.15, -0.1) is 0 Å². The predicted octanol–water partition coefficient (Wildman–Crippen LogP) is 3.68. The summed E-state index contributed by atoms with van der Waals surface area (Å²) < 4.78 is 0. The maximum Gasteiger partial charge on any atom is 0.326 e. The van der Waals surface area contributed by atoms with Gasteiger partial charge in [-0.1, -0.05) is 58.0 Å². The number of carboxylic acid groups (broad SMARTS) is 1. The Bertz CT molecular complexity index is 743. The molecule has 7 nitrogen and oxygen atoms in total. The van der Waals surface area contributed by atoms with E-state index in [9.17, 15) is 19.5 Å². The standard InChI is InChI=1S/C25H39N3O4/c1-17(2)14-21(23(29)26-22(24(30)31)15-18(3)4)27-25(32)28-12-10-20(11-13-28)16-19-8-6-5-7-9-19/h5-9,17-18,20-22H,10-16H2,1-4H3,(H,26,29)(H,27,32)(H,30,31)/t21-,22-/m0/s1. The summed E-state index contributed by atoms with van der Waals surface area (Å²) in [6, 6.07) is 8.43. The topological polar surface area (TPSA) is 98.7 Å². The monoisotopic (exact) mass is 445 g/mol. The summed E-state index contributed by atoms with van der Waals surface area (Å²) in [5.41, 5.74) is 1.32. The molecule has 7 heteroatoms. The van der Waals surface area contributed by atoms with Gasteiger partial charge >= 0.3 is 12.0 Å². The number of nitrogens with one attached hydrogen (secondary N) is 2. The van der Waals surface area contributed by atoms with Gasteiger partial charge in [0.05, 0.1) is 0 Å². The Morgan fingerprint density at radius 3 is 2.03 bits per heavy atom. The van der Waals surface area contributed by atoms with Gasteiger partial charge in [0.1, 0.15) is 12.1 Å². The van der Waals surface area contributed by atoms with E-state index >= 15 is 0 Å². The summed E-state index contributed by atoms with van der Waals surface area (Å²) >= 11 is 0. The summed E-state index contributed by atoms with van der Waals surface area (Å²) in [6.07, 6.45) is 3.67. The van der Waals surface area contributed by atoms with Gasteiger partial charge in [-0.25, -0.2) is 9.59 Å². The van der Waals surface area contributed by atoms with E-state index in [4.69, 9.17) is 0 Å². The molecular formula is C25H39N3O4. The molecule has 1 aliphatic heterocycles. The SMILES string of the molecule is CC(C)C[C@H](NC(=O)[C@H](CC(C)C)NC(=O)N1CCC(Cc2ccccc2)CC1)C(=O)O. The highest BCUT2D eigenvalue weighted by Crippen LogP contribution is 2.22. The third-order valence-electron chi connectivity index (χ3n) is 5.91. The Hall–Kier alpha value is -2.57. The van der Waals surface area contributed by atoms with E-state index in [1.807, 2.05) is 45.9 Å². The summed E-state index contributed by atoms with van der Waals surface area (Å²) in [7, 11) is 0. The third kappa shape index (κ3) is 8.52. The number of likely N-dealkylation sites (tertiary alicyclic amines) is 1. The minimum Gasteiger partial charge on any atom is -0.480 e. The minimum atomic E-state index is -1.05. The highest BCUT2D eigenvalue weighted by Gasteiger charge is 2.30. The number of urea groups is 1. The summed E-state index contributed by atoms with van der Waals surface area (Å²) in [6.45, 7) is 9.09. The lowest BCUT2D eigenvalue weighted by atomic mass is 9.90. The molecule has 1 saturated heterocycles. The van der Waals surface area contributed by atoms with Crippen LogP contribution in [0.2, 0.25) is 0 Å². The molecule has 2 rings (SSSR count). The van der Waals surface area contributed by atoms with Gasteiger partial charge in [0.15, 0.2) is 0 Å². The number of hydrogen-bond acceptors (Lipinski definition) is 3. The molecule has 3 amide bonds. The maximum atomic E-state index is 12.9. The van der Waals surface area contributed by atoms with Gasteiger partial charge in [0.2, 0.25) is 5.91 Å². The van der Waals surface area contributed by atoms with Crippen LogP contribution < -0.4 is 10.6 Å². The number of nitrogens with zero attached hydrogens (tertiary/aromatic N) is 1. The van der Waals surface area contributed by atoms with E-state index in [1.54, 1.807) is 4.90 Å². The van der Waals surface area contributed by atoms with Crippen molar-refractivity contribution in [2.75, 3.05) is 13.1 Å². The summed E-state index contributed by atoms with van der Waals surface area (Å²) in [4.78, 5) is 39.0. The lowest BCUT2D eigenvalue weighted by Crippen LogP contribution is -2.55. The fraction of sp³-hybridized carbons (Fsp3) is 0.640. The van der Waals surface area contributed by atoms with Crippen LogP contribution in [0.15, 0.2) is 30.3 Å². The van der Waals surface area contributed by atoms with E-state index in [1.165, 1.54) is 5.56 Å². The first kappa shape index (κ1) is 25.7. The van der Waals surface area contributed by atoms with Crippen molar-refractivity contribution in [3.8, 4) is 0 Å². The number of carbonyl (C=O) groups is 3. The quantitative estimate of drug-likeness (QED) is 0.512. The van der Waals surface area contributed by atoms with Crippen molar-refractivity contribution < 1.29 is 19.5 Å². The first-order valence-electron chi connectivity index (χ1n) is 11.8. The molecule has 0 aliphatic carbocycles. The highest BCUT2D eigenvalue weighted by molar-refractivity contribution is 5.90. The molecule has 32 heavy (non-hydrogen) atoms. The van der Waals surface area contributed by atoms with Crippen LogP contribution in [-0.4, -0.2) is 53.1 Å². The second-order valence-corrected chi connectivity index (χ2v) is 9.78. The van der Waals surface area contributed by atoms with Crippen LogP contribution in [0.1, 0.15) is 58.9 Å². The lowest BCUT2D eigenvalue weighted by molar-refractivity contribution is -0.142. The molecule has 0 bridgehead atoms. The largest absolute Gasteiger partial charge is 0.480 e. The van der Waals surface area contributed by atoms with Crippen molar-refractivity contribution in [3.63, 3.8) is 0 Å². The zero-order valence-electron chi connectivity index (χ0n) is 19.8. The number of carboxylic acids is 1. The Labute approximate surface area is 191 Å². The van der Waals surface area contributed by atoms with E-state index in [-0.39, 0.29) is 17.9 Å². The number of carbonyl (C=O) groups excluding carboxylic acids is 2. The molecule has 1 heterocycles. The fourth-order valence-electron chi connectivity index (χ4n) is 4.20. The van der Waals surface area contributed by atoms with Gasteiger partial charge in [0.25, 0.3) is 0 Å². The van der Waals surface area contributed by atoms with Gasteiger partial charge < -0.3 is 20.6 Å². The predicted molar refractivity (Wildman–Crippen MR) is 125 cm³/mol. The van der Waals surface area contributed by atoms with Crippen molar-refractivity contribution in [3.05, 3.63) is 35.9 Å². The van der Waals surface area contributed by atoms with Crippen LogP contribution in [-0.2, 0) is 16.0 Å². The van der Waals surface area contributed by atoms with Crippen molar-refractivity contribution in [1.29, 1.82) is 0 Å². The molecule has 3 N–H and O–H groups in total. The van der Waals surface area contributed by atoms with E-state index in [0.29, 0.717) is 31.8 Å². The molecule has 0 unspecified atom stereocenters. The van der Waals surface area contributed by atoms with Crippen LogP contribution in [0, 0.1) is 17.8 Å². The second kappa shape index (κ2) is 12.5. The fourth-order valence-corrected chi connectivity index (χ4v) is 4.20. The normalized spacial score (nSPS) is 16.6. The number of aliphatic carboxylic acids is 1. The van der Waals surface area contributed by atoms with Crippen molar-refractivity contribution >= 4 is 17.9 Å². The van der Waals surface area contributed by atoms with E-state index in [0.717, 1.165) is 19.3 Å². The number of piperidine rings is 1. The van der Waals surface area contributed by atoms with Crippen molar-refractivity contribution in [1.82, 2.24) is 15.5 Å². The van der Waals surface area contributed by atoms with Gasteiger partial charge in [-0.3, -0.25) is 4.79 Å². The molecule has 1 aliphatic rings. The smallest absolute Gasteiger partial charge is 0.326 e. The first-order valence-corrected chi connectivity index (χ1v) is 11.8. The first-order chi connectivity index (χ1) is 15.2. The second-order valence-electron chi connectivity index (χ2n) is 9.78. The molecule has 178 valence electrons. The number of hydrogen-bond donors (Lipinski definition) is 3. The van der Waals surface area contributed by atoms with Crippen molar-refractivity contribution in [2.24, 2.45) is 17.8 Å². The van der Waals surface area contributed by atoms with Crippen LogP contribution in [0.25, 0.3) is 0 Å². The highest BCUT2D eigenvalue weighted by atomic mass is 16.4. The zero-order chi connectivity index (χ0) is 23.7. The molecular weight excluding hydrogens is 406 g/mol. The Morgan fingerprint density at radius 1 is 0.938 bits per heavy atom. The van der Waals surface area contributed by atoms with Crippen LogP contribution in [0.3, 0.4) is 0 Å². The number of amides is 3. The van der Waals surface area contributed by atoms with Gasteiger partial charge in [-0.2, -0.15) is 0 Å². The molecule has 1 aromatic rings. The average molecular weight is 446 g/mol. The molecule has 0 aromatic heterocycles. The number of rotatable bonds is 10. The average Bonchev–Trinajstić information content (AvgIpc) is 2.73. The van der Waals surface area contributed by atoms with Crippen LogP contribution in [0.4, 0.5) is 4.79 Å². The molecule has 0 radical (unpaired) electrons. The van der Waals surface area contributed by atoms with E-state index in [2.05, 4.69) is 22.8 Å². The zero-order valence-corrected chi connectivity index (χ0v) is 19.8. The van der Waals surface area contributed by atoms with Crippen LogP contribution in [0.5, 0.6) is 0 Å². The third-order valence-corrected chi connectivity index (χ3v) is 5.91. The van der Waals surface area contributed by atoms with Crippen LogP contribution >= 0.6 is 0 Å². The molecule has 0 saturated carbocycles. The summed E-state index contributed by atoms with van der Waals surface area (Å²) in [5, 5.41) is 14.9. The summed E-state index contributed by atoms with van der Waals surface area (Å²) in [5.74, 6) is -0.632. The van der Waals surface area contributed by atoms with Crippen molar-refractivity contribution in [2.45, 2.75) is 71.9 Å². The molecule has 1 fully saturated rings. The Morgan fingerprint density at radius 2 is 1.50 bits per heavy atom. The lowest BCUT2D eigenvalue weighted by Gasteiger charge is -2.33. The Kier molecular flexibility index (Phi) is 10.0. The Balaban J connectivity index is 1.91. The van der Waals surface area contributed by atoms with Gasteiger partial charge in [-0.05, 0) is 55.4 Å². The van der Waals surface area contributed by atoms with E-state index < -0.39 is 24.0 Å². The molecule has 0 spiro atoms. The maximum absolute atomic E-state index is 12.9. The number of benzene rings is 1. The molecule has 2 atom stereocenters. The minimum absolute atomic E-state index is 0.131. The molecule has 1 aromatic carbocycles.